The molecule has 0 fully saturated rings. The maximum Gasteiger partial charge on any atom is 0.227 e. The molecule has 96 valence electrons. The van der Waals surface area contributed by atoms with Crippen LogP contribution in [-0.2, 0) is 11.8 Å². The van der Waals surface area contributed by atoms with Crippen LogP contribution >= 0.6 is 0 Å². The number of nitrogens with two attached hydrogens (primary N) is 1. The van der Waals surface area contributed by atoms with E-state index in [4.69, 9.17) is 5.73 Å². The summed E-state index contributed by atoms with van der Waals surface area (Å²) in [6.07, 6.45) is 2.80. The molecule has 1 amide bonds. The quantitative estimate of drug-likeness (QED) is 0.835. The second-order valence-corrected chi connectivity index (χ2v) is 5.62. The highest BCUT2D eigenvalue weighted by molar-refractivity contribution is 5.90. The Labute approximate surface area is 102 Å². The zero-order valence-corrected chi connectivity index (χ0v) is 11.0. The van der Waals surface area contributed by atoms with Gasteiger partial charge in [0.1, 0.15) is 5.82 Å². The third kappa shape index (κ3) is 4.99. The van der Waals surface area contributed by atoms with Gasteiger partial charge in [0.2, 0.25) is 5.91 Å². The Morgan fingerprint density at radius 2 is 2.24 bits per heavy atom. The topological polar surface area (TPSA) is 72.9 Å². The molecule has 0 aromatic carbocycles. The number of rotatable bonds is 4. The molecule has 0 saturated heterocycles. The van der Waals surface area contributed by atoms with Gasteiger partial charge in [-0.2, -0.15) is 5.10 Å². The van der Waals surface area contributed by atoms with E-state index in [1.165, 1.54) is 0 Å². The Morgan fingerprint density at radius 3 is 2.71 bits per heavy atom. The van der Waals surface area contributed by atoms with Crippen molar-refractivity contribution in [1.82, 2.24) is 9.78 Å². The smallest absolute Gasteiger partial charge is 0.227 e. The summed E-state index contributed by atoms with van der Waals surface area (Å²) in [7, 11) is 1.78. The number of nitrogens with one attached hydrogen (secondary N) is 1. The number of hydrogen-bond acceptors (Lipinski definition) is 3. The van der Waals surface area contributed by atoms with Gasteiger partial charge in [-0.3, -0.25) is 9.48 Å². The molecular formula is C12H22N4O. The van der Waals surface area contributed by atoms with Gasteiger partial charge in [0.25, 0.3) is 0 Å². The Balaban J connectivity index is 2.43. The summed E-state index contributed by atoms with van der Waals surface area (Å²) >= 11 is 0. The van der Waals surface area contributed by atoms with Crippen LogP contribution in [0.2, 0.25) is 0 Å². The molecule has 1 aromatic rings. The molecule has 1 rings (SSSR count). The minimum Gasteiger partial charge on any atom is -0.327 e. The Morgan fingerprint density at radius 1 is 1.59 bits per heavy atom. The first-order valence-electron chi connectivity index (χ1n) is 5.81. The van der Waals surface area contributed by atoms with Crippen molar-refractivity contribution in [2.24, 2.45) is 18.2 Å². The second kappa shape index (κ2) is 5.31. The number of aromatic nitrogens is 2. The van der Waals surface area contributed by atoms with E-state index in [2.05, 4.69) is 31.2 Å². The molecule has 1 aromatic heterocycles. The standard InChI is InChI=1S/C12H22N4O/c1-12(2,3)8-9(13)7-11(17)15-10-5-6-14-16(10)4/h5-6,9H,7-8,13H2,1-4H3,(H,15,17). The summed E-state index contributed by atoms with van der Waals surface area (Å²) in [4.78, 5) is 11.7. The number of carbonyl (C=O) groups is 1. The summed E-state index contributed by atoms with van der Waals surface area (Å²) in [6, 6.07) is 1.65. The first kappa shape index (κ1) is 13.7. The van der Waals surface area contributed by atoms with Crippen molar-refractivity contribution in [2.75, 3.05) is 5.32 Å². The third-order valence-corrected chi connectivity index (χ3v) is 2.41. The lowest BCUT2D eigenvalue weighted by Gasteiger charge is -2.22. The fraction of sp³-hybridized carbons (Fsp3) is 0.667. The third-order valence-electron chi connectivity index (χ3n) is 2.41. The van der Waals surface area contributed by atoms with Crippen molar-refractivity contribution in [3.05, 3.63) is 12.3 Å². The van der Waals surface area contributed by atoms with Gasteiger partial charge < -0.3 is 11.1 Å². The van der Waals surface area contributed by atoms with Crippen LogP contribution in [0.25, 0.3) is 0 Å². The molecule has 0 radical (unpaired) electrons. The van der Waals surface area contributed by atoms with E-state index >= 15 is 0 Å². The summed E-state index contributed by atoms with van der Waals surface area (Å²) in [6.45, 7) is 6.35. The molecule has 0 spiro atoms. The van der Waals surface area contributed by atoms with E-state index in [1.807, 2.05) is 0 Å². The van der Waals surface area contributed by atoms with Crippen LogP contribution in [0, 0.1) is 5.41 Å². The van der Waals surface area contributed by atoms with E-state index in [9.17, 15) is 4.79 Å². The van der Waals surface area contributed by atoms with Gasteiger partial charge in [-0.25, -0.2) is 0 Å². The number of aryl methyl sites for hydroxylation is 1. The summed E-state index contributed by atoms with van der Waals surface area (Å²) in [5.74, 6) is 0.628. The van der Waals surface area contributed by atoms with Gasteiger partial charge in [-0.15, -0.1) is 0 Å². The van der Waals surface area contributed by atoms with Crippen LogP contribution in [0.5, 0.6) is 0 Å². The zero-order valence-electron chi connectivity index (χ0n) is 11.0. The molecule has 1 atom stereocenters. The maximum absolute atomic E-state index is 11.7. The van der Waals surface area contributed by atoms with Crippen LogP contribution in [0.1, 0.15) is 33.6 Å². The molecule has 1 unspecified atom stereocenters. The van der Waals surface area contributed by atoms with Crippen molar-refractivity contribution in [1.29, 1.82) is 0 Å². The molecule has 5 heteroatoms. The van der Waals surface area contributed by atoms with Crippen LogP contribution in [0.3, 0.4) is 0 Å². The van der Waals surface area contributed by atoms with Gasteiger partial charge in [-0.05, 0) is 11.8 Å². The predicted octanol–water partition coefficient (Wildman–Crippen LogP) is 1.51. The molecule has 0 aliphatic heterocycles. The number of anilines is 1. The number of amides is 1. The van der Waals surface area contributed by atoms with Gasteiger partial charge in [0.05, 0.1) is 6.20 Å². The molecule has 0 aliphatic rings. The monoisotopic (exact) mass is 238 g/mol. The van der Waals surface area contributed by atoms with Gasteiger partial charge in [0, 0.05) is 25.6 Å². The minimum atomic E-state index is -0.108. The average molecular weight is 238 g/mol. The molecule has 17 heavy (non-hydrogen) atoms. The number of hydrogen-bond donors (Lipinski definition) is 2. The van der Waals surface area contributed by atoms with E-state index in [0.717, 1.165) is 6.42 Å². The Hall–Kier alpha value is -1.36. The average Bonchev–Trinajstić information content (AvgIpc) is 2.47. The molecule has 0 saturated carbocycles. The lowest BCUT2D eigenvalue weighted by molar-refractivity contribution is -0.116. The largest absolute Gasteiger partial charge is 0.327 e. The maximum atomic E-state index is 11.7. The second-order valence-electron chi connectivity index (χ2n) is 5.62. The first-order chi connectivity index (χ1) is 7.78. The highest BCUT2D eigenvalue weighted by Crippen LogP contribution is 2.21. The van der Waals surface area contributed by atoms with Crippen molar-refractivity contribution in [2.45, 2.75) is 39.7 Å². The lowest BCUT2D eigenvalue weighted by Crippen LogP contribution is -2.31. The van der Waals surface area contributed by atoms with E-state index < -0.39 is 0 Å². The molecule has 5 nitrogen and oxygen atoms in total. The first-order valence-corrected chi connectivity index (χ1v) is 5.81. The SMILES string of the molecule is Cn1nccc1NC(=O)CC(N)CC(C)(C)C. The van der Waals surface area contributed by atoms with Crippen molar-refractivity contribution in [3.8, 4) is 0 Å². The summed E-state index contributed by atoms with van der Waals surface area (Å²) in [5.41, 5.74) is 6.09. The molecule has 3 N–H and O–H groups in total. The van der Waals surface area contributed by atoms with Crippen molar-refractivity contribution >= 4 is 11.7 Å². The predicted molar refractivity (Wildman–Crippen MR) is 68.5 cm³/mol. The fourth-order valence-electron chi connectivity index (χ4n) is 1.79. The number of nitrogens with zero attached hydrogens (tertiary/aromatic N) is 2. The van der Waals surface area contributed by atoms with Gasteiger partial charge >= 0.3 is 0 Å². The lowest BCUT2D eigenvalue weighted by atomic mass is 9.87. The van der Waals surface area contributed by atoms with Crippen LogP contribution < -0.4 is 11.1 Å². The van der Waals surface area contributed by atoms with Crippen molar-refractivity contribution in [3.63, 3.8) is 0 Å². The Bertz CT molecular complexity index is 378. The molecule has 0 aliphatic carbocycles. The van der Waals surface area contributed by atoms with Gasteiger partial charge in [-0.1, -0.05) is 20.8 Å². The molecule has 0 bridgehead atoms. The zero-order chi connectivity index (χ0) is 13.1. The normalized spacial score (nSPS) is 13.5. The summed E-state index contributed by atoms with van der Waals surface area (Å²) in [5, 5.41) is 6.77. The minimum absolute atomic E-state index is 0.0645. The Kier molecular flexibility index (Phi) is 4.28. The van der Waals surface area contributed by atoms with Crippen LogP contribution in [0.4, 0.5) is 5.82 Å². The van der Waals surface area contributed by atoms with Crippen LogP contribution in [0.15, 0.2) is 12.3 Å². The van der Waals surface area contributed by atoms with Gasteiger partial charge in [0.15, 0.2) is 0 Å². The van der Waals surface area contributed by atoms with Crippen molar-refractivity contribution < 1.29 is 4.79 Å². The molecular weight excluding hydrogens is 216 g/mol. The highest BCUT2D eigenvalue weighted by Gasteiger charge is 2.18. The highest BCUT2D eigenvalue weighted by atomic mass is 16.1. The van der Waals surface area contributed by atoms with E-state index in [-0.39, 0.29) is 17.4 Å². The summed E-state index contributed by atoms with van der Waals surface area (Å²) < 4.78 is 1.62. The number of carbonyl (C=O) groups excluding carboxylic acids is 1. The van der Waals surface area contributed by atoms with E-state index in [0.29, 0.717) is 12.2 Å². The fourth-order valence-corrected chi connectivity index (χ4v) is 1.79. The van der Waals surface area contributed by atoms with Crippen LogP contribution in [-0.4, -0.2) is 21.7 Å². The molecule has 1 heterocycles. The van der Waals surface area contributed by atoms with E-state index in [1.54, 1.807) is 24.0 Å².